The number of nitrogens with one attached hydrogen (secondary N) is 1. The van der Waals surface area contributed by atoms with Crippen LogP contribution < -0.4 is 10.2 Å². The van der Waals surface area contributed by atoms with E-state index in [9.17, 15) is 4.79 Å². The van der Waals surface area contributed by atoms with Gasteiger partial charge in [0.25, 0.3) is 0 Å². The van der Waals surface area contributed by atoms with Gasteiger partial charge in [0, 0.05) is 74.2 Å². The molecule has 1 atom stereocenters. The average molecular weight is 427 g/mol. The maximum absolute atomic E-state index is 13.1. The third-order valence-electron chi connectivity index (χ3n) is 6.97. The molecule has 1 unspecified atom stereocenters. The van der Waals surface area contributed by atoms with Gasteiger partial charge >= 0.3 is 0 Å². The second kappa shape index (κ2) is 9.03. The van der Waals surface area contributed by atoms with Gasteiger partial charge in [-0.25, -0.2) is 0 Å². The number of aryl methyl sites for hydroxylation is 1. The molecule has 5 heteroatoms. The second-order valence-electron chi connectivity index (χ2n) is 9.13. The molecule has 2 aromatic carbocycles. The third-order valence-corrected chi connectivity index (χ3v) is 6.97. The zero-order valence-electron chi connectivity index (χ0n) is 18.4. The van der Waals surface area contributed by atoms with Crippen LogP contribution in [0.5, 0.6) is 0 Å². The number of aromatic nitrogens is 1. The van der Waals surface area contributed by atoms with E-state index in [1.54, 1.807) is 6.20 Å². The lowest BCUT2D eigenvalue weighted by Gasteiger charge is -2.52. The largest absolute Gasteiger partial charge is 0.385 e. The molecular weight excluding hydrogens is 396 g/mol. The van der Waals surface area contributed by atoms with Crippen molar-refractivity contribution in [3.8, 4) is 0 Å². The summed E-state index contributed by atoms with van der Waals surface area (Å²) in [5, 5.41) is 3.62. The molecule has 5 rings (SSSR count). The Hall–Kier alpha value is -3.34. The number of hydrogen-bond donors (Lipinski definition) is 1. The molecule has 0 saturated carbocycles. The molecule has 2 aliphatic rings. The highest BCUT2D eigenvalue weighted by molar-refractivity contribution is 5.77. The first-order valence-electron chi connectivity index (χ1n) is 11.5. The molecule has 2 saturated heterocycles. The lowest BCUT2D eigenvalue weighted by molar-refractivity contribution is -0.130. The number of carbonyl (C=O) groups excluding carboxylic acids is 1. The van der Waals surface area contributed by atoms with E-state index in [4.69, 9.17) is 0 Å². The fraction of sp³-hybridized carbons (Fsp3) is 0.333. The van der Waals surface area contributed by atoms with Crippen molar-refractivity contribution >= 4 is 17.3 Å². The average Bonchev–Trinajstić information content (AvgIpc) is 3.22. The van der Waals surface area contributed by atoms with Crippen LogP contribution in [0.15, 0.2) is 85.2 Å². The number of para-hydroxylation sites is 2. The van der Waals surface area contributed by atoms with E-state index in [1.807, 2.05) is 24.4 Å². The van der Waals surface area contributed by atoms with Crippen molar-refractivity contribution in [1.29, 1.82) is 0 Å². The van der Waals surface area contributed by atoms with E-state index in [2.05, 4.69) is 74.7 Å². The zero-order chi connectivity index (χ0) is 21.8. The van der Waals surface area contributed by atoms with Gasteiger partial charge in [0.15, 0.2) is 0 Å². The minimum absolute atomic E-state index is 0.154. The number of pyridine rings is 1. The molecule has 0 radical (unpaired) electrons. The number of likely N-dealkylation sites (tertiary alicyclic amines) is 1. The van der Waals surface area contributed by atoms with E-state index < -0.39 is 0 Å². The van der Waals surface area contributed by atoms with Crippen LogP contribution in [-0.2, 0) is 11.2 Å². The van der Waals surface area contributed by atoms with Crippen LogP contribution in [0.4, 0.5) is 11.4 Å². The van der Waals surface area contributed by atoms with Gasteiger partial charge in [-0.1, -0.05) is 42.5 Å². The molecule has 1 spiro atoms. The summed E-state index contributed by atoms with van der Waals surface area (Å²) in [6.45, 7) is 4.58. The van der Waals surface area contributed by atoms with Crippen LogP contribution in [0, 0.1) is 11.3 Å². The predicted octanol–water partition coefficient (Wildman–Crippen LogP) is 4.09. The van der Waals surface area contributed by atoms with Crippen LogP contribution in [-0.4, -0.2) is 48.5 Å². The molecule has 1 aromatic heterocycles. The lowest BCUT2D eigenvalue weighted by Crippen LogP contribution is -2.61. The molecule has 2 aliphatic heterocycles. The fourth-order valence-electron chi connectivity index (χ4n) is 5.15. The summed E-state index contributed by atoms with van der Waals surface area (Å²) in [5.74, 6) is 0.693. The van der Waals surface area contributed by atoms with Gasteiger partial charge in [0.1, 0.15) is 0 Å². The Kier molecular flexibility index (Phi) is 5.80. The van der Waals surface area contributed by atoms with Crippen molar-refractivity contribution in [3.05, 3.63) is 90.8 Å². The Morgan fingerprint density at radius 3 is 2.44 bits per heavy atom. The minimum atomic E-state index is 0.154. The molecule has 3 heterocycles. The van der Waals surface area contributed by atoms with Gasteiger partial charge in [0.05, 0.1) is 0 Å². The molecule has 164 valence electrons. The summed E-state index contributed by atoms with van der Waals surface area (Å²) in [6.07, 6.45) is 4.92. The molecule has 32 heavy (non-hydrogen) atoms. The molecular formula is C27H30N4O. The summed E-state index contributed by atoms with van der Waals surface area (Å²) >= 11 is 0. The van der Waals surface area contributed by atoms with Gasteiger partial charge in [-0.2, -0.15) is 0 Å². The highest BCUT2D eigenvalue weighted by atomic mass is 16.2. The quantitative estimate of drug-likeness (QED) is 0.618. The third kappa shape index (κ3) is 4.33. The highest BCUT2D eigenvalue weighted by Gasteiger charge is 2.54. The monoisotopic (exact) mass is 426 g/mol. The van der Waals surface area contributed by atoms with E-state index in [1.165, 1.54) is 5.69 Å². The normalized spacial score (nSPS) is 19.1. The lowest BCUT2D eigenvalue weighted by atomic mass is 9.71. The van der Waals surface area contributed by atoms with Crippen molar-refractivity contribution in [2.75, 3.05) is 42.9 Å². The highest BCUT2D eigenvalue weighted by Crippen LogP contribution is 2.45. The molecule has 1 amide bonds. The van der Waals surface area contributed by atoms with Crippen molar-refractivity contribution in [2.24, 2.45) is 11.3 Å². The number of benzene rings is 2. The van der Waals surface area contributed by atoms with Gasteiger partial charge in [-0.3, -0.25) is 9.78 Å². The van der Waals surface area contributed by atoms with Gasteiger partial charge in [-0.15, -0.1) is 0 Å². The maximum Gasteiger partial charge on any atom is 0.222 e. The van der Waals surface area contributed by atoms with Crippen LogP contribution in [0.25, 0.3) is 0 Å². The van der Waals surface area contributed by atoms with Gasteiger partial charge in [-0.05, 0) is 42.3 Å². The molecule has 5 nitrogen and oxygen atoms in total. The first kappa shape index (κ1) is 20.6. The standard InChI is InChI=1S/C27H30N4O/c32-26(14-13-22-8-7-15-28-16-22)30-18-23(17-29-24-9-3-1-4-10-24)27(19-30)20-31(21-27)25-11-5-2-6-12-25/h1-12,15-16,23,29H,13-14,17-21H2. The predicted molar refractivity (Wildman–Crippen MR) is 129 cm³/mol. The van der Waals surface area contributed by atoms with Crippen LogP contribution >= 0.6 is 0 Å². The van der Waals surface area contributed by atoms with Crippen molar-refractivity contribution in [3.63, 3.8) is 0 Å². The first-order chi connectivity index (χ1) is 15.7. The summed E-state index contributed by atoms with van der Waals surface area (Å²) in [4.78, 5) is 21.8. The number of hydrogen-bond acceptors (Lipinski definition) is 4. The van der Waals surface area contributed by atoms with Crippen molar-refractivity contribution < 1.29 is 4.79 Å². The van der Waals surface area contributed by atoms with Crippen LogP contribution in [0.3, 0.4) is 0 Å². The Bertz CT molecular complexity index is 1020. The number of rotatable bonds is 7. The Morgan fingerprint density at radius 1 is 0.969 bits per heavy atom. The van der Waals surface area contributed by atoms with Gasteiger partial charge in [0.2, 0.25) is 5.91 Å². The Morgan fingerprint density at radius 2 is 1.72 bits per heavy atom. The second-order valence-corrected chi connectivity index (χ2v) is 9.13. The maximum atomic E-state index is 13.1. The molecule has 2 fully saturated rings. The zero-order valence-corrected chi connectivity index (χ0v) is 18.4. The van der Waals surface area contributed by atoms with Gasteiger partial charge < -0.3 is 15.1 Å². The molecule has 0 bridgehead atoms. The Labute approximate surface area is 190 Å². The summed E-state index contributed by atoms with van der Waals surface area (Å²) in [6, 6.07) is 24.9. The summed E-state index contributed by atoms with van der Waals surface area (Å²) in [5.41, 5.74) is 3.69. The SMILES string of the molecule is O=C(CCc1cccnc1)N1CC(CNc2ccccc2)C2(C1)CN(c1ccccc1)C2. The number of amides is 1. The Balaban J connectivity index is 1.26. The summed E-state index contributed by atoms with van der Waals surface area (Å²) < 4.78 is 0. The van der Waals surface area contributed by atoms with Crippen molar-refractivity contribution in [1.82, 2.24) is 9.88 Å². The van der Waals surface area contributed by atoms with E-state index in [0.717, 1.165) is 50.4 Å². The smallest absolute Gasteiger partial charge is 0.222 e. The van der Waals surface area contributed by atoms with Crippen LogP contribution in [0.1, 0.15) is 12.0 Å². The van der Waals surface area contributed by atoms with Crippen LogP contribution in [0.2, 0.25) is 0 Å². The number of carbonyl (C=O) groups is 1. The summed E-state index contributed by atoms with van der Waals surface area (Å²) in [7, 11) is 0. The molecule has 1 N–H and O–H groups in total. The van der Waals surface area contributed by atoms with Crippen molar-refractivity contribution in [2.45, 2.75) is 12.8 Å². The molecule has 0 aliphatic carbocycles. The van der Waals surface area contributed by atoms with E-state index >= 15 is 0 Å². The number of nitrogens with zero attached hydrogens (tertiary/aromatic N) is 3. The van der Waals surface area contributed by atoms with E-state index in [-0.39, 0.29) is 11.3 Å². The number of anilines is 2. The topological polar surface area (TPSA) is 48.5 Å². The molecule has 3 aromatic rings. The fourth-order valence-corrected chi connectivity index (χ4v) is 5.15. The minimum Gasteiger partial charge on any atom is -0.385 e. The van der Waals surface area contributed by atoms with E-state index in [0.29, 0.717) is 12.3 Å². The first-order valence-corrected chi connectivity index (χ1v) is 11.5.